The molecule has 1 aromatic carbocycles. The summed E-state index contributed by atoms with van der Waals surface area (Å²) in [6.07, 6.45) is 2.45. The minimum Gasteiger partial charge on any atom is -0.350 e. The zero-order valence-electron chi connectivity index (χ0n) is 10.5. The van der Waals surface area contributed by atoms with Gasteiger partial charge in [-0.1, -0.05) is 46.3 Å². The minimum absolute atomic E-state index is 0.130. The molecule has 17 heavy (non-hydrogen) atoms. The van der Waals surface area contributed by atoms with Gasteiger partial charge < -0.3 is 5.32 Å². The Morgan fingerprint density at radius 1 is 1.29 bits per heavy atom. The second-order valence-electron chi connectivity index (χ2n) is 4.90. The van der Waals surface area contributed by atoms with Crippen LogP contribution in [-0.4, -0.2) is 16.8 Å². The summed E-state index contributed by atoms with van der Waals surface area (Å²) in [4.78, 5) is 11.7. The van der Waals surface area contributed by atoms with Gasteiger partial charge >= 0.3 is 0 Å². The van der Waals surface area contributed by atoms with E-state index < -0.39 is 0 Å². The SMILES string of the molecule is CC(C)(CBr)NC(=O)CCCc1ccccc1. The van der Waals surface area contributed by atoms with Gasteiger partial charge in [0.1, 0.15) is 0 Å². The summed E-state index contributed by atoms with van der Waals surface area (Å²) >= 11 is 3.39. The first-order chi connectivity index (χ1) is 8.03. The molecular formula is C14H20BrNO. The zero-order chi connectivity index (χ0) is 12.7. The number of halogens is 1. The van der Waals surface area contributed by atoms with Gasteiger partial charge in [0.2, 0.25) is 5.91 Å². The van der Waals surface area contributed by atoms with Crippen LogP contribution in [0.1, 0.15) is 32.3 Å². The van der Waals surface area contributed by atoms with Gasteiger partial charge in [-0.3, -0.25) is 4.79 Å². The first kappa shape index (κ1) is 14.2. The van der Waals surface area contributed by atoms with Crippen molar-refractivity contribution in [1.82, 2.24) is 5.32 Å². The molecule has 0 fully saturated rings. The van der Waals surface area contributed by atoms with Crippen LogP contribution in [0.4, 0.5) is 0 Å². The van der Waals surface area contributed by atoms with Crippen molar-refractivity contribution in [2.75, 3.05) is 5.33 Å². The maximum absolute atomic E-state index is 11.7. The molecule has 0 bridgehead atoms. The van der Waals surface area contributed by atoms with E-state index in [1.807, 2.05) is 32.0 Å². The van der Waals surface area contributed by atoms with E-state index in [-0.39, 0.29) is 11.4 Å². The lowest BCUT2D eigenvalue weighted by Gasteiger charge is -2.23. The fourth-order valence-corrected chi connectivity index (χ4v) is 1.71. The van der Waals surface area contributed by atoms with Crippen LogP contribution in [0.25, 0.3) is 0 Å². The van der Waals surface area contributed by atoms with Crippen molar-refractivity contribution in [3.63, 3.8) is 0 Å². The van der Waals surface area contributed by atoms with E-state index in [1.165, 1.54) is 5.56 Å². The first-order valence-corrected chi connectivity index (χ1v) is 7.06. The van der Waals surface area contributed by atoms with Crippen LogP contribution in [0.5, 0.6) is 0 Å². The molecule has 0 aliphatic rings. The van der Waals surface area contributed by atoms with Gasteiger partial charge in [0.05, 0.1) is 0 Å². The Kier molecular flexibility index (Phi) is 5.69. The Balaban J connectivity index is 2.25. The largest absolute Gasteiger partial charge is 0.350 e. The van der Waals surface area contributed by atoms with E-state index in [4.69, 9.17) is 0 Å². The highest BCUT2D eigenvalue weighted by Gasteiger charge is 2.17. The molecule has 1 aromatic rings. The quantitative estimate of drug-likeness (QED) is 0.802. The molecule has 1 N–H and O–H groups in total. The Bertz CT molecular complexity index is 348. The van der Waals surface area contributed by atoms with Gasteiger partial charge in [-0.05, 0) is 32.3 Å². The van der Waals surface area contributed by atoms with Crippen molar-refractivity contribution in [3.05, 3.63) is 35.9 Å². The number of nitrogens with one attached hydrogen (secondary N) is 1. The van der Waals surface area contributed by atoms with Gasteiger partial charge in [0.25, 0.3) is 0 Å². The highest BCUT2D eigenvalue weighted by atomic mass is 79.9. The molecule has 0 heterocycles. The van der Waals surface area contributed by atoms with Gasteiger partial charge in [-0.25, -0.2) is 0 Å². The maximum Gasteiger partial charge on any atom is 0.220 e. The van der Waals surface area contributed by atoms with E-state index >= 15 is 0 Å². The highest BCUT2D eigenvalue weighted by molar-refractivity contribution is 9.09. The average molecular weight is 298 g/mol. The molecule has 0 unspecified atom stereocenters. The van der Waals surface area contributed by atoms with E-state index in [0.29, 0.717) is 6.42 Å². The molecule has 1 amide bonds. The number of alkyl halides is 1. The maximum atomic E-state index is 11.7. The molecule has 0 aliphatic heterocycles. The van der Waals surface area contributed by atoms with Gasteiger partial charge in [0.15, 0.2) is 0 Å². The fraction of sp³-hybridized carbons (Fsp3) is 0.500. The van der Waals surface area contributed by atoms with E-state index in [9.17, 15) is 4.79 Å². The molecule has 0 atom stereocenters. The molecule has 94 valence electrons. The number of amides is 1. The Hall–Kier alpha value is -0.830. The lowest BCUT2D eigenvalue weighted by atomic mass is 10.1. The van der Waals surface area contributed by atoms with Crippen molar-refractivity contribution >= 4 is 21.8 Å². The number of carbonyl (C=O) groups excluding carboxylic acids is 1. The van der Waals surface area contributed by atoms with Crippen LogP contribution >= 0.6 is 15.9 Å². The molecule has 0 aromatic heterocycles. The van der Waals surface area contributed by atoms with Crippen molar-refractivity contribution < 1.29 is 4.79 Å². The third-order valence-corrected chi connectivity index (χ3v) is 3.93. The molecule has 2 nitrogen and oxygen atoms in total. The van der Waals surface area contributed by atoms with Crippen LogP contribution in [0.2, 0.25) is 0 Å². The molecule has 0 spiro atoms. The summed E-state index contributed by atoms with van der Waals surface area (Å²) in [7, 11) is 0. The van der Waals surface area contributed by atoms with Crippen molar-refractivity contribution in [2.24, 2.45) is 0 Å². The van der Waals surface area contributed by atoms with Gasteiger partial charge in [-0.2, -0.15) is 0 Å². The summed E-state index contributed by atoms with van der Waals surface area (Å²) in [5.74, 6) is 0.130. The lowest BCUT2D eigenvalue weighted by Crippen LogP contribution is -2.44. The first-order valence-electron chi connectivity index (χ1n) is 5.94. The molecule has 0 saturated carbocycles. The second kappa shape index (κ2) is 6.80. The van der Waals surface area contributed by atoms with Crippen LogP contribution in [0, 0.1) is 0 Å². The highest BCUT2D eigenvalue weighted by Crippen LogP contribution is 2.08. The van der Waals surface area contributed by atoms with E-state index in [0.717, 1.165) is 18.2 Å². The molecule has 1 rings (SSSR count). The van der Waals surface area contributed by atoms with Crippen LogP contribution in [-0.2, 0) is 11.2 Å². The molecule has 3 heteroatoms. The average Bonchev–Trinajstić information content (AvgIpc) is 2.30. The van der Waals surface area contributed by atoms with Crippen molar-refractivity contribution in [1.29, 1.82) is 0 Å². The third-order valence-electron chi connectivity index (χ3n) is 2.52. The number of rotatable bonds is 6. The standard InChI is InChI=1S/C14H20BrNO/c1-14(2,11-15)16-13(17)10-6-9-12-7-4-3-5-8-12/h3-5,7-8H,6,9-11H2,1-2H3,(H,16,17). The predicted molar refractivity (Wildman–Crippen MR) is 75.4 cm³/mol. The number of hydrogen-bond donors (Lipinski definition) is 1. The number of aryl methyl sites for hydroxylation is 1. The molecular weight excluding hydrogens is 278 g/mol. The minimum atomic E-state index is -0.163. The fourth-order valence-electron chi connectivity index (χ4n) is 1.57. The lowest BCUT2D eigenvalue weighted by molar-refractivity contribution is -0.122. The summed E-state index contributed by atoms with van der Waals surface area (Å²) in [5, 5.41) is 3.77. The Morgan fingerprint density at radius 2 is 1.94 bits per heavy atom. The zero-order valence-corrected chi connectivity index (χ0v) is 12.1. The topological polar surface area (TPSA) is 29.1 Å². The summed E-state index contributed by atoms with van der Waals surface area (Å²) < 4.78 is 0. The Morgan fingerprint density at radius 3 is 2.53 bits per heavy atom. The summed E-state index contributed by atoms with van der Waals surface area (Å²) in [6, 6.07) is 10.3. The number of carbonyl (C=O) groups is 1. The molecule has 0 radical (unpaired) electrons. The van der Waals surface area contributed by atoms with Crippen LogP contribution < -0.4 is 5.32 Å². The van der Waals surface area contributed by atoms with E-state index in [2.05, 4.69) is 33.4 Å². The summed E-state index contributed by atoms with van der Waals surface area (Å²) in [5.41, 5.74) is 1.13. The Labute approximate surface area is 112 Å². The van der Waals surface area contributed by atoms with Gasteiger partial charge in [-0.15, -0.1) is 0 Å². The van der Waals surface area contributed by atoms with E-state index in [1.54, 1.807) is 0 Å². The predicted octanol–water partition coefficient (Wildman–Crippen LogP) is 3.30. The van der Waals surface area contributed by atoms with Crippen LogP contribution in [0.15, 0.2) is 30.3 Å². The molecule has 0 saturated heterocycles. The number of benzene rings is 1. The normalized spacial score (nSPS) is 11.2. The summed E-state index contributed by atoms with van der Waals surface area (Å²) in [6.45, 7) is 4.02. The smallest absolute Gasteiger partial charge is 0.220 e. The third kappa shape index (κ3) is 5.87. The molecule has 0 aliphatic carbocycles. The van der Waals surface area contributed by atoms with Crippen molar-refractivity contribution in [3.8, 4) is 0 Å². The van der Waals surface area contributed by atoms with Gasteiger partial charge in [0, 0.05) is 17.3 Å². The monoisotopic (exact) mass is 297 g/mol. The van der Waals surface area contributed by atoms with Crippen molar-refractivity contribution in [2.45, 2.75) is 38.6 Å². The number of hydrogen-bond acceptors (Lipinski definition) is 1. The second-order valence-corrected chi connectivity index (χ2v) is 5.47. The van der Waals surface area contributed by atoms with Crippen LogP contribution in [0.3, 0.4) is 0 Å².